The number of aryl methyl sites for hydroxylation is 2. The molecule has 0 aromatic carbocycles. The van der Waals surface area contributed by atoms with Crippen LogP contribution < -0.4 is 15.8 Å². The Labute approximate surface area is 169 Å². The number of nitrogens with zero attached hydrogens (tertiary/aromatic N) is 2. The predicted octanol–water partition coefficient (Wildman–Crippen LogP) is 3.91. The van der Waals surface area contributed by atoms with Crippen LogP contribution in [0.2, 0.25) is 0 Å². The van der Waals surface area contributed by atoms with E-state index >= 15 is 0 Å². The van der Waals surface area contributed by atoms with E-state index in [4.69, 9.17) is 10.5 Å². The number of primary amides is 1. The fourth-order valence-corrected chi connectivity index (χ4v) is 5.14. The number of carbonyl (C=O) groups is 2. The van der Waals surface area contributed by atoms with Crippen molar-refractivity contribution >= 4 is 40.5 Å². The molecule has 0 saturated carbocycles. The molecule has 0 bridgehead atoms. The van der Waals surface area contributed by atoms with Crippen molar-refractivity contribution in [2.24, 2.45) is 5.73 Å². The third kappa shape index (κ3) is 3.27. The Balaban J connectivity index is 1.72. The van der Waals surface area contributed by atoms with E-state index in [9.17, 15) is 9.59 Å². The lowest BCUT2D eigenvalue weighted by molar-refractivity contribution is -0.115. The van der Waals surface area contributed by atoms with Gasteiger partial charge in [-0.15, -0.1) is 0 Å². The Hall–Kier alpha value is -2.78. The third-order valence-electron chi connectivity index (χ3n) is 4.54. The molecule has 144 valence electrons. The predicted molar refractivity (Wildman–Crippen MR) is 109 cm³/mol. The Morgan fingerprint density at radius 2 is 2.14 bits per heavy atom. The number of nitrogens with one attached hydrogen (secondary N) is 1. The Morgan fingerprint density at radius 3 is 2.86 bits per heavy atom. The first kappa shape index (κ1) is 18.6. The highest BCUT2D eigenvalue weighted by molar-refractivity contribution is 7.17. The van der Waals surface area contributed by atoms with E-state index in [0.29, 0.717) is 33.6 Å². The maximum atomic E-state index is 11.9. The lowest BCUT2D eigenvalue weighted by Gasteiger charge is -2.14. The third-order valence-corrected chi connectivity index (χ3v) is 6.53. The smallest absolute Gasteiger partial charge is 0.259 e. The number of anilines is 1. The molecule has 4 rings (SSSR count). The second-order valence-electron chi connectivity index (χ2n) is 6.40. The molecule has 1 aliphatic carbocycles. The van der Waals surface area contributed by atoms with E-state index in [0.717, 1.165) is 34.4 Å². The zero-order valence-corrected chi connectivity index (χ0v) is 17.0. The summed E-state index contributed by atoms with van der Waals surface area (Å²) in [5.74, 6) is 0.493. The molecule has 9 heteroatoms. The van der Waals surface area contributed by atoms with Gasteiger partial charge < -0.3 is 15.8 Å². The van der Waals surface area contributed by atoms with Gasteiger partial charge in [-0.25, -0.2) is 9.36 Å². The molecule has 0 radical (unpaired) electrons. The van der Waals surface area contributed by atoms with Crippen LogP contribution in [0.5, 0.6) is 10.8 Å². The lowest BCUT2D eigenvalue weighted by Crippen LogP contribution is -2.13. The average molecular weight is 415 g/mol. The summed E-state index contributed by atoms with van der Waals surface area (Å²) in [4.78, 5) is 29.4. The van der Waals surface area contributed by atoms with E-state index in [1.165, 1.54) is 22.9 Å². The van der Waals surface area contributed by atoms with Gasteiger partial charge in [-0.3, -0.25) is 9.59 Å². The van der Waals surface area contributed by atoms with E-state index in [2.05, 4.69) is 14.7 Å². The minimum atomic E-state index is -0.448. The van der Waals surface area contributed by atoms with Gasteiger partial charge in [-0.1, -0.05) is 18.3 Å². The molecule has 0 saturated heterocycles. The molecule has 2 amide bonds. The first-order chi connectivity index (χ1) is 13.5. The minimum Gasteiger partial charge on any atom is -0.444 e. The van der Waals surface area contributed by atoms with Gasteiger partial charge in [0.25, 0.3) is 5.91 Å². The standard InChI is InChI=1S/C19H18N4O3S2/c1-3-14(24)23-13-7-6-12(9(2)22-13)26-19-15-11(17(27-19)18(20)25)5-4-10-8-21-28-16(10)15/h6-8H,3-5H2,1-2H3,(H2,20,25)(H,22,23,24). The molecule has 3 aromatic heterocycles. The van der Waals surface area contributed by atoms with Crippen molar-refractivity contribution in [1.82, 2.24) is 9.36 Å². The summed E-state index contributed by atoms with van der Waals surface area (Å²) in [5, 5.41) is 3.35. The summed E-state index contributed by atoms with van der Waals surface area (Å²) in [5.41, 5.74) is 9.23. The maximum absolute atomic E-state index is 11.9. The van der Waals surface area contributed by atoms with Crippen molar-refractivity contribution < 1.29 is 14.3 Å². The van der Waals surface area contributed by atoms with Gasteiger partial charge >= 0.3 is 0 Å². The van der Waals surface area contributed by atoms with Gasteiger partial charge in [-0.05, 0) is 54.6 Å². The first-order valence-corrected chi connectivity index (χ1v) is 10.4. The van der Waals surface area contributed by atoms with Crippen molar-refractivity contribution in [2.45, 2.75) is 33.1 Å². The van der Waals surface area contributed by atoms with Crippen LogP contribution in [0.1, 0.15) is 39.8 Å². The van der Waals surface area contributed by atoms with Gasteiger partial charge in [-0.2, -0.15) is 0 Å². The summed E-state index contributed by atoms with van der Waals surface area (Å²) < 4.78 is 10.5. The summed E-state index contributed by atoms with van der Waals surface area (Å²) in [6, 6.07) is 3.46. The van der Waals surface area contributed by atoms with Crippen molar-refractivity contribution in [1.29, 1.82) is 0 Å². The molecule has 3 aromatic rings. The van der Waals surface area contributed by atoms with E-state index in [1.807, 2.05) is 13.1 Å². The number of fused-ring (bicyclic) bond motifs is 3. The number of aromatic nitrogens is 2. The summed E-state index contributed by atoms with van der Waals surface area (Å²) in [6.07, 6.45) is 3.82. The van der Waals surface area contributed by atoms with Crippen LogP contribution in [-0.4, -0.2) is 21.2 Å². The zero-order valence-electron chi connectivity index (χ0n) is 15.4. The van der Waals surface area contributed by atoms with E-state index in [-0.39, 0.29) is 5.91 Å². The van der Waals surface area contributed by atoms with Gasteiger partial charge in [0.15, 0.2) is 5.06 Å². The molecule has 1 aliphatic rings. The molecule has 3 heterocycles. The molecular formula is C19H18N4O3S2. The molecule has 0 fully saturated rings. The van der Waals surface area contributed by atoms with Crippen molar-refractivity contribution in [3.05, 3.63) is 40.0 Å². The number of thiophene rings is 1. The number of carbonyl (C=O) groups excluding carboxylic acids is 2. The molecule has 28 heavy (non-hydrogen) atoms. The van der Waals surface area contributed by atoms with E-state index < -0.39 is 5.91 Å². The number of hydrogen-bond acceptors (Lipinski definition) is 7. The van der Waals surface area contributed by atoms with Gasteiger partial charge in [0.05, 0.1) is 21.0 Å². The van der Waals surface area contributed by atoms with Gasteiger partial charge in [0.2, 0.25) is 5.91 Å². The van der Waals surface area contributed by atoms with Crippen molar-refractivity contribution in [3.8, 4) is 21.3 Å². The van der Waals surface area contributed by atoms with Crippen LogP contribution in [0.25, 0.3) is 10.4 Å². The Kier molecular flexibility index (Phi) is 4.86. The first-order valence-electron chi connectivity index (χ1n) is 8.82. The molecule has 0 unspecified atom stereocenters. The number of amides is 2. The second kappa shape index (κ2) is 7.33. The Bertz CT molecular complexity index is 1090. The fraction of sp³-hybridized carbons (Fsp3) is 0.263. The number of pyridine rings is 1. The largest absolute Gasteiger partial charge is 0.444 e. The maximum Gasteiger partial charge on any atom is 0.259 e. The van der Waals surface area contributed by atoms with Crippen LogP contribution in [0.15, 0.2) is 18.3 Å². The molecule has 0 aliphatic heterocycles. The number of ether oxygens (including phenoxy) is 1. The molecular weight excluding hydrogens is 396 g/mol. The Morgan fingerprint density at radius 1 is 1.32 bits per heavy atom. The van der Waals surface area contributed by atoms with Crippen molar-refractivity contribution in [3.63, 3.8) is 0 Å². The quantitative estimate of drug-likeness (QED) is 0.658. The molecule has 0 spiro atoms. The van der Waals surface area contributed by atoms with Gasteiger partial charge in [0, 0.05) is 12.6 Å². The number of rotatable bonds is 5. The molecule has 7 nitrogen and oxygen atoms in total. The highest BCUT2D eigenvalue weighted by atomic mass is 32.1. The van der Waals surface area contributed by atoms with Crippen LogP contribution in [0.4, 0.5) is 5.82 Å². The highest BCUT2D eigenvalue weighted by Crippen LogP contribution is 2.50. The normalized spacial score (nSPS) is 12.2. The van der Waals surface area contributed by atoms with Crippen LogP contribution in [0, 0.1) is 6.92 Å². The SMILES string of the molecule is CCC(=O)Nc1ccc(Oc2sc(C(N)=O)c3c2-c2sncc2CC3)c(C)n1. The average Bonchev–Trinajstić information content (AvgIpc) is 3.28. The van der Waals surface area contributed by atoms with Gasteiger partial charge in [0.1, 0.15) is 11.6 Å². The fourth-order valence-electron chi connectivity index (χ4n) is 3.14. The monoisotopic (exact) mass is 414 g/mol. The minimum absolute atomic E-state index is 0.100. The molecule has 0 atom stereocenters. The molecule has 3 N–H and O–H groups in total. The lowest BCUT2D eigenvalue weighted by atomic mass is 9.93. The number of hydrogen-bond donors (Lipinski definition) is 2. The topological polar surface area (TPSA) is 107 Å². The summed E-state index contributed by atoms with van der Waals surface area (Å²) in [7, 11) is 0. The van der Waals surface area contributed by atoms with Crippen molar-refractivity contribution in [2.75, 3.05) is 5.32 Å². The highest BCUT2D eigenvalue weighted by Gasteiger charge is 2.30. The second-order valence-corrected chi connectivity index (χ2v) is 8.19. The number of nitrogens with two attached hydrogens (primary N) is 1. The van der Waals surface area contributed by atoms with Crippen LogP contribution in [-0.2, 0) is 17.6 Å². The summed E-state index contributed by atoms with van der Waals surface area (Å²) >= 11 is 2.65. The van der Waals surface area contributed by atoms with Crippen LogP contribution in [0.3, 0.4) is 0 Å². The van der Waals surface area contributed by atoms with E-state index in [1.54, 1.807) is 19.1 Å². The summed E-state index contributed by atoms with van der Waals surface area (Å²) in [6.45, 7) is 3.59. The zero-order chi connectivity index (χ0) is 19.8. The van der Waals surface area contributed by atoms with Crippen LogP contribution >= 0.6 is 22.9 Å².